The molecule has 0 saturated heterocycles. The van der Waals surface area contributed by atoms with Crippen molar-refractivity contribution in [2.24, 2.45) is 0 Å². The topological polar surface area (TPSA) is 72.2 Å². The minimum absolute atomic E-state index is 0.126. The molecule has 6 nitrogen and oxygen atoms in total. The number of amides is 1. The molecule has 0 aliphatic carbocycles. The summed E-state index contributed by atoms with van der Waals surface area (Å²) in [5, 5.41) is 13.7. The van der Waals surface area contributed by atoms with Crippen molar-refractivity contribution >= 4 is 62.2 Å². The highest BCUT2D eigenvalue weighted by molar-refractivity contribution is 7.99. The van der Waals surface area contributed by atoms with Crippen molar-refractivity contribution in [3.05, 3.63) is 45.6 Å². The standard InChI is InChI=1S/C18H16ClN5OS2/c1-9-4-5-12(19)6-13(9)21-14(25)7-26-18-23-22-16-15-10(2)11(3)27-17(15)20-8-24(16)18/h4-6,8H,7H2,1-3H3,(H,21,25). The molecule has 0 aliphatic rings. The van der Waals surface area contributed by atoms with Crippen LogP contribution in [0.15, 0.2) is 29.7 Å². The molecule has 1 N–H and O–H groups in total. The van der Waals surface area contributed by atoms with Crippen molar-refractivity contribution in [1.82, 2.24) is 19.6 Å². The first-order valence-electron chi connectivity index (χ1n) is 8.22. The van der Waals surface area contributed by atoms with Crippen molar-refractivity contribution in [3.63, 3.8) is 0 Å². The van der Waals surface area contributed by atoms with Crippen molar-refractivity contribution in [3.8, 4) is 0 Å². The van der Waals surface area contributed by atoms with Gasteiger partial charge in [-0.1, -0.05) is 29.4 Å². The lowest BCUT2D eigenvalue weighted by Gasteiger charge is -2.08. The van der Waals surface area contributed by atoms with Gasteiger partial charge in [0.15, 0.2) is 10.8 Å². The minimum atomic E-state index is -0.126. The highest BCUT2D eigenvalue weighted by Crippen LogP contribution is 2.32. The summed E-state index contributed by atoms with van der Waals surface area (Å²) in [4.78, 5) is 19.0. The van der Waals surface area contributed by atoms with Crippen LogP contribution in [0, 0.1) is 20.8 Å². The fraction of sp³-hybridized carbons (Fsp3) is 0.222. The maximum absolute atomic E-state index is 12.3. The second-order valence-corrected chi connectivity index (χ2v) is 8.76. The number of hydrogen-bond donors (Lipinski definition) is 1. The number of thiophene rings is 1. The van der Waals surface area contributed by atoms with Crippen molar-refractivity contribution in [2.45, 2.75) is 25.9 Å². The summed E-state index contributed by atoms with van der Waals surface area (Å²) in [6.07, 6.45) is 1.72. The van der Waals surface area contributed by atoms with E-state index in [-0.39, 0.29) is 11.7 Å². The van der Waals surface area contributed by atoms with Crippen molar-refractivity contribution in [2.75, 3.05) is 11.1 Å². The van der Waals surface area contributed by atoms with Crippen LogP contribution in [0.25, 0.3) is 15.9 Å². The van der Waals surface area contributed by atoms with E-state index in [1.54, 1.807) is 29.8 Å². The lowest BCUT2D eigenvalue weighted by Crippen LogP contribution is -2.15. The van der Waals surface area contributed by atoms with E-state index in [4.69, 9.17) is 11.6 Å². The summed E-state index contributed by atoms with van der Waals surface area (Å²) in [6.45, 7) is 6.07. The van der Waals surface area contributed by atoms with Crippen LogP contribution < -0.4 is 5.32 Å². The first-order chi connectivity index (χ1) is 12.9. The number of carbonyl (C=O) groups is 1. The Balaban J connectivity index is 1.54. The molecule has 0 fully saturated rings. The number of fused-ring (bicyclic) bond motifs is 3. The van der Waals surface area contributed by atoms with Gasteiger partial charge < -0.3 is 5.32 Å². The van der Waals surface area contributed by atoms with Gasteiger partial charge in [0.1, 0.15) is 11.2 Å². The van der Waals surface area contributed by atoms with Gasteiger partial charge in [0.05, 0.1) is 11.1 Å². The number of aryl methyl sites for hydroxylation is 3. The number of nitrogens with zero attached hydrogens (tertiary/aromatic N) is 4. The molecule has 4 aromatic rings. The second-order valence-electron chi connectivity index (χ2n) is 6.18. The van der Waals surface area contributed by atoms with Gasteiger partial charge in [0.2, 0.25) is 5.91 Å². The first-order valence-corrected chi connectivity index (χ1v) is 10.4. The summed E-state index contributed by atoms with van der Waals surface area (Å²) < 4.78 is 1.84. The number of rotatable bonds is 4. The van der Waals surface area contributed by atoms with Crippen LogP contribution in [0.4, 0.5) is 5.69 Å². The van der Waals surface area contributed by atoms with Crippen molar-refractivity contribution < 1.29 is 4.79 Å². The predicted molar refractivity (Wildman–Crippen MR) is 111 cm³/mol. The number of benzene rings is 1. The zero-order chi connectivity index (χ0) is 19.1. The molecule has 138 valence electrons. The average molecular weight is 418 g/mol. The highest BCUT2D eigenvalue weighted by atomic mass is 35.5. The SMILES string of the molecule is Cc1ccc(Cl)cc1NC(=O)CSc1nnc2c3c(C)c(C)sc3ncn12. The van der Waals surface area contributed by atoms with Gasteiger partial charge in [0.25, 0.3) is 0 Å². The smallest absolute Gasteiger partial charge is 0.234 e. The summed E-state index contributed by atoms with van der Waals surface area (Å²) in [7, 11) is 0. The zero-order valence-corrected chi connectivity index (χ0v) is 17.3. The monoisotopic (exact) mass is 417 g/mol. The van der Waals surface area contributed by atoms with E-state index in [9.17, 15) is 4.79 Å². The van der Waals surface area contributed by atoms with Crippen LogP contribution in [0.3, 0.4) is 0 Å². The molecule has 1 aromatic carbocycles. The van der Waals surface area contributed by atoms with E-state index in [1.807, 2.05) is 17.4 Å². The second kappa shape index (κ2) is 7.10. The third-order valence-electron chi connectivity index (χ3n) is 4.35. The molecule has 27 heavy (non-hydrogen) atoms. The normalized spacial score (nSPS) is 11.4. The molecule has 9 heteroatoms. The number of nitrogens with one attached hydrogen (secondary N) is 1. The maximum Gasteiger partial charge on any atom is 0.234 e. The molecule has 0 unspecified atom stereocenters. The minimum Gasteiger partial charge on any atom is -0.325 e. The number of hydrogen-bond acceptors (Lipinski definition) is 6. The number of carbonyl (C=O) groups excluding carboxylic acids is 1. The Morgan fingerprint density at radius 2 is 2.11 bits per heavy atom. The molecule has 3 aromatic heterocycles. The Morgan fingerprint density at radius 1 is 1.30 bits per heavy atom. The molecule has 0 bridgehead atoms. The van der Waals surface area contributed by atoms with Crippen LogP contribution in [0.2, 0.25) is 5.02 Å². The van der Waals surface area contributed by atoms with Crippen molar-refractivity contribution in [1.29, 1.82) is 0 Å². The molecule has 0 radical (unpaired) electrons. The third kappa shape index (κ3) is 3.40. The summed E-state index contributed by atoms with van der Waals surface area (Å²) in [5.74, 6) is 0.0885. The Kier molecular flexibility index (Phi) is 4.79. The molecule has 0 spiro atoms. The molecule has 0 aliphatic heterocycles. The van der Waals surface area contributed by atoms with Gasteiger partial charge in [-0.25, -0.2) is 4.98 Å². The summed E-state index contributed by atoms with van der Waals surface area (Å²) in [6, 6.07) is 5.42. The first kappa shape index (κ1) is 18.2. The Hall–Kier alpha value is -2.16. The lowest BCUT2D eigenvalue weighted by molar-refractivity contribution is -0.113. The van der Waals surface area contributed by atoms with E-state index in [0.717, 1.165) is 21.4 Å². The van der Waals surface area contributed by atoms with E-state index in [1.165, 1.54) is 22.2 Å². The lowest BCUT2D eigenvalue weighted by atomic mass is 10.2. The molecule has 0 atom stereocenters. The van der Waals surface area contributed by atoms with Crippen LogP contribution >= 0.6 is 34.7 Å². The van der Waals surface area contributed by atoms with Gasteiger partial charge in [-0.05, 0) is 44.0 Å². The summed E-state index contributed by atoms with van der Waals surface area (Å²) in [5.41, 5.74) is 3.62. The van der Waals surface area contributed by atoms with Gasteiger partial charge in [-0.2, -0.15) is 0 Å². The third-order valence-corrected chi connectivity index (χ3v) is 6.64. The number of thioether (sulfide) groups is 1. The number of halogens is 1. The molecule has 1 amide bonds. The molecule has 4 rings (SSSR count). The van der Waals surface area contributed by atoms with E-state index >= 15 is 0 Å². The van der Waals surface area contributed by atoms with E-state index in [0.29, 0.717) is 15.9 Å². The molecule has 3 heterocycles. The van der Waals surface area contributed by atoms with Crippen LogP contribution in [0.5, 0.6) is 0 Å². The van der Waals surface area contributed by atoms with E-state index < -0.39 is 0 Å². The molecule has 0 saturated carbocycles. The number of aromatic nitrogens is 4. The maximum atomic E-state index is 12.3. The van der Waals surface area contributed by atoms with Gasteiger partial charge in [-0.15, -0.1) is 21.5 Å². The number of anilines is 1. The average Bonchev–Trinajstić information content (AvgIpc) is 3.17. The van der Waals surface area contributed by atoms with Crippen LogP contribution in [-0.4, -0.2) is 31.2 Å². The summed E-state index contributed by atoms with van der Waals surface area (Å²) >= 11 is 8.98. The molecular weight excluding hydrogens is 402 g/mol. The Morgan fingerprint density at radius 3 is 2.93 bits per heavy atom. The fourth-order valence-electron chi connectivity index (χ4n) is 2.77. The fourth-order valence-corrected chi connectivity index (χ4v) is 4.64. The highest BCUT2D eigenvalue weighted by Gasteiger charge is 2.16. The van der Waals surface area contributed by atoms with Gasteiger partial charge >= 0.3 is 0 Å². The largest absolute Gasteiger partial charge is 0.325 e. The quantitative estimate of drug-likeness (QED) is 0.489. The van der Waals surface area contributed by atoms with E-state index in [2.05, 4.69) is 34.3 Å². The molecular formula is C18H16ClN5OS2. The zero-order valence-electron chi connectivity index (χ0n) is 14.9. The van der Waals surface area contributed by atoms with Crippen LogP contribution in [0.1, 0.15) is 16.0 Å². The Bertz CT molecular complexity index is 1180. The van der Waals surface area contributed by atoms with Crippen LogP contribution in [-0.2, 0) is 4.79 Å². The predicted octanol–water partition coefficient (Wildman–Crippen LogP) is 4.65. The van der Waals surface area contributed by atoms with Gasteiger partial charge in [-0.3, -0.25) is 9.20 Å². The van der Waals surface area contributed by atoms with Gasteiger partial charge in [0, 0.05) is 15.6 Å². The Labute approximate surface area is 169 Å².